The van der Waals surface area contributed by atoms with E-state index in [0.29, 0.717) is 6.29 Å². The van der Waals surface area contributed by atoms with E-state index in [-0.39, 0.29) is 17.4 Å². The van der Waals surface area contributed by atoms with Gasteiger partial charge in [-0.2, -0.15) is 4.31 Å². The fraction of sp³-hybridized carbons (Fsp3) is 0.214. The van der Waals surface area contributed by atoms with Crippen LogP contribution in [-0.4, -0.2) is 26.1 Å². The first-order valence-electron chi connectivity index (χ1n) is 6.00. The van der Waals surface area contributed by atoms with E-state index in [4.69, 9.17) is 4.42 Å². The highest BCUT2D eigenvalue weighted by molar-refractivity contribution is 7.88. The third kappa shape index (κ3) is 2.97. The predicted molar refractivity (Wildman–Crippen MR) is 73.9 cm³/mol. The van der Waals surface area contributed by atoms with Crippen LogP contribution in [0.25, 0.3) is 0 Å². The van der Waals surface area contributed by atoms with E-state index in [9.17, 15) is 13.2 Å². The molecule has 0 fully saturated rings. The van der Waals surface area contributed by atoms with Gasteiger partial charge in [-0.15, -0.1) is 0 Å². The summed E-state index contributed by atoms with van der Waals surface area (Å²) < 4.78 is 30.7. The van der Waals surface area contributed by atoms with Crippen molar-refractivity contribution in [2.24, 2.45) is 0 Å². The molecule has 1 aromatic carbocycles. The Morgan fingerprint density at radius 1 is 1.15 bits per heavy atom. The van der Waals surface area contributed by atoms with Crippen molar-refractivity contribution in [1.82, 2.24) is 4.31 Å². The maximum absolute atomic E-state index is 12.2. The zero-order valence-electron chi connectivity index (χ0n) is 11.2. The van der Waals surface area contributed by atoms with Crippen LogP contribution >= 0.6 is 0 Å². The van der Waals surface area contributed by atoms with Gasteiger partial charge in [0.1, 0.15) is 0 Å². The largest absolute Gasteiger partial charge is 0.440 e. The molecule has 5 nitrogen and oxygen atoms in total. The van der Waals surface area contributed by atoms with E-state index in [0.717, 1.165) is 11.1 Å². The van der Waals surface area contributed by atoms with E-state index >= 15 is 0 Å². The topological polar surface area (TPSA) is 67.6 Å². The molecule has 20 heavy (non-hydrogen) atoms. The summed E-state index contributed by atoms with van der Waals surface area (Å²) in [4.78, 5) is 10.5. The van der Waals surface area contributed by atoms with E-state index < -0.39 is 10.0 Å². The quantitative estimate of drug-likeness (QED) is 0.793. The molecule has 106 valence electrons. The van der Waals surface area contributed by atoms with Gasteiger partial charge in [-0.1, -0.05) is 29.8 Å². The molecule has 0 atom stereocenters. The molecule has 1 aromatic heterocycles. The van der Waals surface area contributed by atoms with Gasteiger partial charge in [0.25, 0.3) is 10.0 Å². The number of furan rings is 1. The van der Waals surface area contributed by atoms with Gasteiger partial charge in [-0.25, -0.2) is 8.42 Å². The molecule has 6 heteroatoms. The number of benzene rings is 1. The summed E-state index contributed by atoms with van der Waals surface area (Å²) in [6, 6.07) is 10.2. The lowest BCUT2D eigenvalue weighted by Gasteiger charge is -2.15. The highest BCUT2D eigenvalue weighted by Gasteiger charge is 2.24. The van der Waals surface area contributed by atoms with Crippen LogP contribution in [0.15, 0.2) is 45.9 Å². The molecular weight excluding hydrogens is 278 g/mol. The van der Waals surface area contributed by atoms with Crippen LogP contribution in [-0.2, 0) is 16.6 Å². The second-order valence-corrected chi connectivity index (χ2v) is 6.50. The third-order valence-electron chi connectivity index (χ3n) is 2.91. The van der Waals surface area contributed by atoms with Crippen LogP contribution in [0.4, 0.5) is 0 Å². The summed E-state index contributed by atoms with van der Waals surface area (Å²) in [6.07, 6.45) is 0.471. The molecule has 0 saturated carbocycles. The number of carbonyl (C=O) groups excluding carboxylic acids is 1. The van der Waals surface area contributed by atoms with Gasteiger partial charge in [-0.05, 0) is 24.6 Å². The van der Waals surface area contributed by atoms with Crippen LogP contribution in [0, 0.1) is 6.92 Å². The van der Waals surface area contributed by atoms with Crippen molar-refractivity contribution in [3.8, 4) is 0 Å². The SMILES string of the molecule is Cc1ccc(CN(C)S(=O)(=O)c2ccc(C=O)o2)cc1. The second kappa shape index (κ2) is 5.60. The van der Waals surface area contributed by atoms with Crippen molar-refractivity contribution < 1.29 is 17.6 Å². The van der Waals surface area contributed by atoms with E-state index in [1.54, 1.807) is 0 Å². The smallest absolute Gasteiger partial charge is 0.276 e. The van der Waals surface area contributed by atoms with Crippen molar-refractivity contribution in [3.63, 3.8) is 0 Å². The molecule has 0 aliphatic heterocycles. The number of aryl methyl sites for hydroxylation is 1. The normalized spacial score (nSPS) is 11.8. The van der Waals surface area contributed by atoms with Crippen LogP contribution < -0.4 is 0 Å². The first kappa shape index (κ1) is 14.5. The number of nitrogens with zero attached hydrogens (tertiary/aromatic N) is 1. The molecular formula is C14H15NO4S. The van der Waals surface area contributed by atoms with Gasteiger partial charge in [0, 0.05) is 13.6 Å². The van der Waals surface area contributed by atoms with Crippen LogP contribution in [0.3, 0.4) is 0 Å². The summed E-state index contributed by atoms with van der Waals surface area (Å²) in [5.74, 6) is -0.00712. The van der Waals surface area contributed by atoms with Crippen molar-refractivity contribution in [3.05, 3.63) is 53.3 Å². The lowest BCUT2D eigenvalue weighted by Crippen LogP contribution is -2.26. The van der Waals surface area contributed by atoms with Crippen LogP contribution in [0.2, 0.25) is 0 Å². The van der Waals surface area contributed by atoms with Crippen molar-refractivity contribution in [1.29, 1.82) is 0 Å². The number of aldehydes is 1. The van der Waals surface area contributed by atoms with E-state index in [2.05, 4.69) is 0 Å². The minimum absolute atomic E-state index is 0.00712. The molecule has 0 amide bonds. The summed E-state index contributed by atoms with van der Waals surface area (Å²) in [5, 5.41) is -0.228. The molecule has 0 saturated heterocycles. The maximum atomic E-state index is 12.2. The first-order chi connectivity index (χ1) is 9.43. The molecule has 0 N–H and O–H groups in total. The van der Waals surface area contributed by atoms with Gasteiger partial charge < -0.3 is 4.42 Å². The maximum Gasteiger partial charge on any atom is 0.276 e. The Morgan fingerprint density at radius 3 is 2.35 bits per heavy atom. The van der Waals surface area contributed by atoms with Crippen LogP contribution in [0.1, 0.15) is 21.7 Å². The summed E-state index contributed by atoms with van der Waals surface area (Å²) >= 11 is 0. The number of rotatable bonds is 5. The molecule has 0 unspecified atom stereocenters. The molecule has 0 spiro atoms. The fourth-order valence-corrected chi connectivity index (χ4v) is 2.79. The Bertz CT molecular complexity index is 701. The fourth-order valence-electron chi connectivity index (χ4n) is 1.73. The number of sulfonamides is 1. The van der Waals surface area contributed by atoms with Crippen molar-refractivity contribution >= 4 is 16.3 Å². The standard InChI is InChI=1S/C14H15NO4S/c1-11-3-5-12(6-4-11)9-15(2)20(17,18)14-8-7-13(10-16)19-14/h3-8,10H,9H2,1-2H3. The van der Waals surface area contributed by atoms with E-state index in [1.165, 1.54) is 23.5 Å². The lowest BCUT2D eigenvalue weighted by atomic mass is 10.1. The predicted octanol–water partition coefficient (Wildman–Crippen LogP) is 2.22. The van der Waals surface area contributed by atoms with Gasteiger partial charge in [0.05, 0.1) is 0 Å². The molecule has 0 radical (unpaired) electrons. The number of hydrogen-bond acceptors (Lipinski definition) is 4. The Kier molecular flexibility index (Phi) is 4.06. The molecule has 0 bridgehead atoms. The third-order valence-corrected chi connectivity index (χ3v) is 4.59. The summed E-state index contributed by atoms with van der Waals surface area (Å²) in [7, 11) is -2.26. The Morgan fingerprint density at radius 2 is 1.80 bits per heavy atom. The average Bonchev–Trinajstić information content (AvgIpc) is 2.90. The Balaban J connectivity index is 2.20. The monoisotopic (exact) mass is 293 g/mol. The minimum Gasteiger partial charge on any atom is -0.440 e. The van der Waals surface area contributed by atoms with Crippen molar-refractivity contribution in [2.75, 3.05) is 7.05 Å². The summed E-state index contributed by atoms with van der Waals surface area (Å²) in [6.45, 7) is 2.20. The van der Waals surface area contributed by atoms with Gasteiger partial charge in [0.2, 0.25) is 5.09 Å². The van der Waals surface area contributed by atoms with Crippen LogP contribution in [0.5, 0.6) is 0 Å². The average molecular weight is 293 g/mol. The molecule has 0 aliphatic carbocycles. The molecule has 1 heterocycles. The molecule has 0 aliphatic rings. The zero-order chi connectivity index (χ0) is 14.8. The highest BCUT2D eigenvalue weighted by atomic mass is 32.2. The number of hydrogen-bond donors (Lipinski definition) is 0. The van der Waals surface area contributed by atoms with Gasteiger partial charge in [0.15, 0.2) is 12.0 Å². The number of carbonyl (C=O) groups is 1. The Hall–Kier alpha value is -1.92. The Labute approximate surface area is 117 Å². The molecule has 2 aromatic rings. The zero-order valence-corrected chi connectivity index (χ0v) is 12.1. The van der Waals surface area contributed by atoms with Gasteiger partial charge in [-0.3, -0.25) is 4.79 Å². The van der Waals surface area contributed by atoms with Crippen molar-refractivity contribution in [2.45, 2.75) is 18.6 Å². The minimum atomic E-state index is -3.73. The van der Waals surface area contributed by atoms with E-state index in [1.807, 2.05) is 31.2 Å². The first-order valence-corrected chi connectivity index (χ1v) is 7.44. The summed E-state index contributed by atoms with van der Waals surface area (Å²) in [5.41, 5.74) is 1.99. The second-order valence-electron chi connectivity index (χ2n) is 4.52. The van der Waals surface area contributed by atoms with Gasteiger partial charge >= 0.3 is 0 Å². The lowest BCUT2D eigenvalue weighted by molar-refractivity contribution is 0.109. The highest BCUT2D eigenvalue weighted by Crippen LogP contribution is 2.19. The molecule has 2 rings (SSSR count).